The lowest BCUT2D eigenvalue weighted by Gasteiger charge is -2.25. The highest BCUT2D eigenvalue weighted by Gasteiger charge is 2.09. The van der Waals surface area contributed by atoms with Gasteiger partial charge < -0.3 is 15.5 Å². The van der Waals surface area contributed by atoms with Crippen LogP contribution in [0.4, 0.5) is 0 Å². The number of likely N-dealkylation sites (tertiary alicyclic amines) is 1. The first-order chi connectivity index (χ1) is 10.8. The second kappa shape index (κ2) is 9.79. The maximum atomic E-state index is 4.68. The van der Waals surface area contributed by atoms with Gasteiger partial charge in [0.05, 0.1) is 17.2 Å². The summed E-state index contributed by atoms with van der Waals surface area (Å²) in [5.41, 5.74) is 1.17. The van der Waals surface area contributed by atoms with Gasteiger partial charge in [0.25, 0.3) is 0 Å². The maximum Gasteiger partial charge on any atom is 0.191 e. The standard InChI is InChI=1S/C16H29N5S/c1-3-17-16(18-8-7-15-13-22-14(2)20-15)19-9-12-21-10-5-4-6-11-21/h13H,3-12H2,1-2H3,(H2,17,18,19). The van der Waals surface area contributed by atoms with Gasteiger partial charge in [-0.05, 0) is 39.8 Å². The number of aromatic nitrogens is 1. The Morgan fingerprint density at radius 2 is 2.14 bits per heavy atom. The molecule has 1 fully saturated rings. The molecule has 0 aliphatic carbocycles. The molecule has 0 amide bonds. The lowest BCUT2D eigenvalue weighted by molar-refractivity contribution is 0.235. The van der Waals surface area contributed by atoms with Gasteiger partial charge in [-0.2, -0.15) is 0 Å². The van der Waals surface area contributed by atoms with E-state index in [4.69, 9.17) is 0 Å². The summed E-state index contributed by atoms with van der Waals surface area (Å²) in [7, 11) is 0. The van der Waals surface area contributed by atoms with Gasteiger partial charge in [0.1, 0.15) is 0 Å². The topological polar surface area (TPSA) is 52.6 Å². The summed E-state index contributed by atoms with van der Waals surface area (Å²) < 4.78 is 0. The highest BCUT2D eigenvalue weighted by Crippen LogP contribution is 2.08. The average Bonchev–Trinajstić information content (AvgIpc) is 2.94. The third-order valence-corrected chi connectivity index (χ3v) is 4.64. The third-order valence-electron chi connectivity index (χ3n) is 3.82. The quantitative estimate of drug-likeness (QED) is 0.595. The van der Waals surface area contributed by atoms with Crippen molar-refractivity contribution in [1.82, 2.24) is 20.5 Å². The number of hydrogen-bond acceptors (Lipinski definition) is 4. The minimum atomic E-state index is 0.866. The van der Waals surface area contributed by atoms with Crippen LogP contribution in [-0.4, -0.2) is 55.1 Å². The van der Waals surface area contributed by atoms with Crippen molar-refractivity contribution in [1.29, 1.82) is 0 Å². The summed E-state index contributed by atoms with van der Waals surface area (Å²) in [5, 5.41) is 9.99. The Morgan fingerprint density at radius 3 is 2.82 bits per heavy atom. The molecular formula is C16H29N5S. The first kappa shape index (κ1) is 17.2. The van der Waals surface area contributed by atoms with E-state index in [1.54, 1.807) is 11.3 Å². The molecule has 1 aromatic rings. The molecule has 2 N–H and O–H groups in total. The van der Waals surface area contributed by atoms with Crippen molar-refractivity contribution in [3.05, 3.63) is 16.1 Å². The zero-order valence-corrected chi connectivity index (χ0v) is 14.7. The molecule has 1 aliphatic rings. The van der Waals surface area contributed by atoms with Gasteiger partial charge in [0.15, 0.2) is 5.96 Å². The van der Waals surface area contributed by atoms with Crippen LogP contribution in [0.2, 0.25) is 0 Å². The first-order valence-electron chi connectivity index (χ1n) is 8.43. The lowest BCUT2D eigenvalue weighted by Crippen LogP contribution is -2.39. The van der Waals surface area contributed by atoms with Crippen LogP contribution in [0.1, 0.15) is 36.9 Å². The predicted octanol–water partition coefficient (Wildman–Crippen LogP) is 2.04. The Hall–Kier alpha value is -1.14. The molecule has 2 rings (SSSR count). The summed E-state index contributed by atoms with van der Waals surface area (Å²) >= 11 is 1.71. The Kier molecular flexibility index (Phi) is 7.66. The van der Waals surface area contributed by atoms with E-state index in [1.807, 2.05) is 6.92 Å². The monoisotopic (exact) mass is 323 g/mol. The van der Waals surface area contributed by atoms with Crippen molar-refractivity contribution < 1.29 is 0 Å². The molecule has 22 heavy (non-hydrogen) atoms. The number of rotatable bonds is 7. The summed E-state index contributed by atoms with van der Waals surface area (Å²) in [6.07, 6.45) is 5.02. The zero-order chi connectivity index (χ0) is 15.6. The van der Waals surface area contributed by atoms with E-state index in [0.29, 0.717) is 0 Å². The molecule has 0 atom stereocenters. The minimum Gasteiger partial charge on any atom is -0.357 e. The number of hydrogen-bond donors (Lipinski definition) is 2. The molecule has 124 valence electrons. The SMILES string of the molecule is CCNC(=NCCN1CCCCC1)NCCc1csc(C)n1. The summed E-state index contributed by atoms with van der Waals surface area (Å²) in [6, 6.07) is 0. The number of thiazole rings is 1. The van der Waals surface area contributed by atoms with Crippen molar-refractivity contribution >= 4 is 17.3 Å². The first-order valence-corrected chi connectivity index (χ1v) is 9.31. The van der Waals surface area contributed by atoms with Crippen LogP contribution in [-0.2, 0) is 6.42 Å². The number of nitrogens with one attached hydrogen (secondary N) is 2. The van der Waals surface area contributed by atoms with Crippen LogP contribution in [0, 0.1) is 6.92 Å². The van der Waals surface area contributed by atoms with E-state index in [-0.39, 0.29) is 0 Å². The van der Waals surface area contributed by atoms with Crippen LogP contribution in [0.3, 0.4) is 0 Å². The second-order valence-corrected chi connectivity index (χ2v) is 6.76. The van der Waals surface area contributed by atoms with E-state index in [1.165, 1.54) is 38.0 Å². The smallest absolute Gasteiger partial charge is 0.191 e. The molecule has 5 nitrogen and oxygen atoms in total. The van der Waals surface area contributed by atoms with Crippen molar-refractivity contribution in [2.75, 3.05) is 39.3 Å². The van der Waals surface area contributed by atoms with Crippen LogP contribution in [0.15, 0.2) is 10.4 Å². The number of guanidine groups is 1. The molecule has 6 heteroatoms. The van der Waals surface area contributed by atoms with E-state index in [0.717, 1.165) is 43.6 Å². The summed E-state index contributed by atoms with van der Waals surface area (Å²) in [6.45, 7) is 10.3. The van der Waals surface area contributed by atoms with Crippen molar-refractivity contribution in [2.45, 2.75) is 39.5 Å². The van der Waals surface area contributed by atoms with Gasteiger partial charge in [-0.15, -0.1) is 11.3 Å². The highest BCUT2D eigenvalue weighted by molar-refractivity contribution is 7.09. The van der Waals surface area contributed by atoms with Crippen LogP contribution < -0.4 is 10.6 Å². The van der Waals surface area contributed by atoms with E-state index in [9.17, 15) is 0 Å². The molecule has 1 aromatic heterocycles. The van der Waals surface area contributed by atoms with Gasteiger partial charge in [-0.25, -0.2) is 4.98 Å². The molecule has 2 heterocycles. The molecule has 0 saturated carbocycles. The fourth-order valence-electron chi connectivity index (χ4n) is 2.66. The van der Waals surface area contributed by atoms with Crippen molar-refractivity contribution in [2.24, 2.45) is 4.99 Å². The molecule has 0 unspecified atom stereocenters. The number of piperidine rings is 1. The molecule has 1 aliphatic heterocycles. The van der Waals surface area contributed by atoms with Gasteiger partial charge in [0.2, 0.25) is 0 Å². The van der Waals surface area contributed by atoms with E-state index >= 15 is 0 Å². The van der Waals surface area contributed by atoms with E-state index < -0.39 is 0 Å². The molecule has 0 bridgehead atoms. The summed E-state index contributed by atoms with van der Waals surface area (Å²) in [5.74, 6) is 0.923. The molecule has 0 spiro atoms. The fourth-order valence-corrected chi connectivity index (χ4v) is 3.31. The number of aryl methyl sites for hydroxylation is 1. The molecular weight excluding hydrogens is 294 g/mol. The van der Waals surface area contributed by atoms with E-state index in [2.05, 4.69) is 37.8 Å². The normalized spacial score (nSPS) is 16.7. The maximum absolute atomic E-state index is 4.68. The summed E-state index contributed by atoms with van der Waals surface area (Å²) in [4.78, 5) is 11.7. The predicted molar refractivity (Wildman–Crippen MR) is 94.8 cm³/mol. The van der Waals surface area contributed by atoms with Crippen LogP contribution in [0.25, 0.3) is 0 Å². The Morgan fingerprint density at radius 1 is 1.32 bits per heavy atom. The highest BCUT2D eigenvalue weighted by atomic mass is 32.1. The number of aliphatic imine (C=N–C) groups is 1. The Bertz CT molecular complexity index is 451. The van der Waals surface area contributed by atoms with Gasteiger partial charge in [-0.3, -0.25) is 4.99 Å². The van der Waals surface area contributed by atoms with Gasteiger partial charge in [-0.1, -0.05) is 6.42 Å². The second-order valence-electron chi connectivity index (χ2n) is 5.70. The molecule has 0 aromatic carbocycles. The molecule has 1 saturated heterocycles. The Labute approximate surface area is 138 Å². The number of nitrogens with zero attached hydrogens (tertiary/aromatic N) is 3. The molecule has 0 radical (unpaired) electrons. The van der Waals surface area contributed by atoms with Gasteiger partial charge in [0, 0.05) is 31.4 Å². The lowest BCUT2D eigenvalue weighted by atomic mass is 10.1. The van der Waals surface area contributed by atoms with Crippen molar-refractivity contribution in [3.8, 4) is 0 Å². The Balaban J connectivity index is 1.69. The van der Waals surface area contributed by atoms with Crippen molar-refractivity contribution in [3.63, 3.8) is 0 Å². The zero-order valence-electron chi connectivity index (χ0n) is 13.9. The van der Waals surface area contributed by atoms with Gasteiger partial charge >= 0.3 is 0 Å². The third kappa shape index (κ3) is 6.32. The average molecular weight is 324 g/mol. The fraction of sp³-hybridized carbons (Fsp3) is 0.750. The largest absolute Gasteiger partial charge is 0.357 e. The van der Waals surface area contributed by atoms with Crippen LogP contribution >= 0.6 is 11.3 Å². The van der Waals surface area contributed by atoms with Crippen LogP contribution in [0.5, 0.6) is 0 Å². The minimum absolute atomic E-state index is 0.866.